The summed E-state index contributed by atoms with van der Waals surface area (Å²) in [7, 11) is 0. The van der Waals surface area contributed by atoms with Gasteiger partial charge in [-0.05, 0) is 27.2 Å². The molecule has 3 heteroatoms. The quantitative estimate of drug-likeness (QED) is 0.736. The maximum absolute atomic E-state index is 11.7. The Morgan fingerprint density at radius 1 is 1.50 bits per heavy atom. The second-order valence-corrected chi connectivity index (χ2v) is 4.63. The van der Waals surface area contributed by atoms with Crippen LogP contribution in [0.15, 0.2) is 11.6 Å². The first-order valence-electron chi connectivity index (χ1n) is 6.04. The van der Waals surface area contributed by atoms with E-state index in [1.165, 1.54) is 5.57 Å². The number of carbonyl (C=O) groups is 1. The van der Waals surface area contributed by atoms with Crippen molar-refractivity contribution in [1.29, 1.82) is 0 Å². The minimum atomic E-state index is -0.896. The maximum Gasteiger partial charge on any atom is 0.225 e. The van der Waals surface area contributed by atoms with E-state index in [1.54, 1.807) is 18.7 Å². The number of aliphatic hydroxyl groups is 1. The maximum atomic E-state index is 11.7. The Hall–Kier alpha value is -0.830. The molecule has 0 fully saturated rings. The van der Waals surface area contributed by atoms with Crippen molar-refractivity contribution >= 4 is 5.91 Å². The average molecular weight is 227 g/mol. The highest BCUT2D eigenvalue weighted by Crippen LogP contribution is 2.14. The Bertz CT molecular complexity index is 251. The smallest absolute Gasteiger partial charge is 0.225 e. The normalized spacial score (nSPS) is 16.1. The van der Waals surface area contributed by atoms with Gasteiger partial charge in [0.25, 0.3) is 0 Å². The van der Waals surface area contributed by atoms with E-state index in [2.05, 4.69) is 13.0 Å². The van der Waals surface area contributed by atoms with Crippen molar-refractivity contribution < 1.29 is 9.90 Å². The third-order valence-electron chi connectivity index (χ3n) is 2.37. The number of carbonyl (C=O) groups excluding carboxylic acids is 1. The molecule has 1 aliphatic rings. The number of hydrogen-bond donors (Lipinski definition) is 1. The van der Waals surface area contributed by atoms with Crippen molar-refractivity contribution in [3.05, 3.63) is 11.6 Å². The lowest BCUT2D eigenvalue weighted by atomic mass is 10.0. The number of hydrogen-bond acceptors (Lipinski definition) is 2. The van der Waals surface area contributed by atoms with E-state index in [0.29, 0.717) is 6.54 Å². The zero-order valence-electron chi connectivity index (χ0n) is 11.2. The molecule has 1 heterocycles. The van der Waals surface area contributed by atoms with Gasteiger partial charge in [0.2, 0.25) is 5.91 Å². The molecule has 0 radical (unpaired) electrons. The van der Waals surface area contributed by atoms with Gasteiger partial charge in [0.1, 0.15) is 0 Å². The van der Waals surface area contributed by atoms with Gasteiger partial charge in [-0.2, -0.15) is 0 Å². The van der Waals surface area contributed by atoms with E-state index in [1.807, 2.05) is 13.8 Å². The fourth-order valence-corrected chi connectivity index (χ4v) is 1.48. The molecule has 1 N–H and O–H groups in total. The molecule has 1 aliphatic heterocycles. The van der Waals surface area contributed by atoms with E-state index in [-0.39, 0.29) is 12.3 Å². The molecule has 0 saturated heterocycles. The molecule has 1 amide bonds. The first-order chi connectivity index (χ1) is 7.38. The van der Waals surface area contributed by atoms with Crippen molar-refractivity contribution in [2.75, 3.05) is 13.1 Å². The van der Waals surface area contributed by atoms with E-state index in [0.717, 1.165) is 13.0 Å². The largest absolute Gasteiger partial charge is 0.390 e. The van der Waals surface area contributed by atoms with Crippen molar-refractivity contribution in [1.82, 2.24) is 4.90 Å². The van der Waals surface area contributed by atoms with Gasteiger partial charge in [-0.3, -0.25) is 4.79 Å². The monoisotopic (exact) mass is 227 g/mol. The predicted molar refractivity (Wildman–Crippen MR) is 67.2 cm³/mol. The highest BCUT2D eigenvalue weighted by Gasteiger charge is 2.23. The molecule has 0 aromatic rings. The predicted octanol–water partition coefficient (Wildman–Crippen LogP) is 2.35. The van der Waals surface area contributed by atoms with Gasteiger partial charge in [0.05, 0.1) is 12.0 Å². The van der Waals surface area contributed by atoms with E-state index in [9.17, 15) is 9.90 Å². The van der Waals surface area contributed by atoms with Crippen LogP contribution in [0.4, 0.5) is 0 Å². The van der Waals surface area contributed by atoms with Crippen LogP contribution in [0.25, 0.3) is 0 Å². The first kappa shape index (κ1) is 15.2. The van der Waals surface area contributed by atoms with Gasteiger partial charge in [-0.15, -0.1) is 0 Å². The zero-order valence-corrected chi connectivity index (χ0v) is 11.2. The van der Waals surface area contributed by atoms with E-state index < -0.39 is 5.60 Å². The fourth-order valence-electron chi connectivity index (χ4n) is 1.48. The molecule has 0 aliphatic carbocycles. The van der Waals surface area contributed by atoms with E-state index in [4.69, 9.17) is 0 Å². The van der Waals surface area contributed by atoms with Crippen LogP contribution in [-0.2, 0) is 4.79 Å². The number of nitrogens with zero attached hydrogens (tertiary/aromatic N) is 1. The standard InChI is InChI=1S/C11H19NO2.C2H6/c1-9-4-6-12(7-5-9)10(13)8-11(2,3)14;1-2/h4,14H,5-8H2,1-3H3;1-2H3. The van der Waals surface area contributed by atoms with E-state index >= 15 is 0 Å². The van der Waals surface area contributed by atoms with Crippen molar-refractivity contribution in [3.63, 3.8) is 0 Å². The molecule has 0 bridgehead atoms. The number of amides is 1. The summed E-state index contributed by atoms with van der Waals surface area (Å²) in [5.74, 6) is 0.0428. The molecule has 0 spiro atoms. The van der Waals surface area contributed by atoms with Crippen LogP contribution >= 0.6 is 0 Å². The summed E-state index contributed by atoms with van der Waals surface area (Å²) in [5, 5.41) is 9.51. The lowest BCUT2D eigenvalue weighted by molar-refractivity contribution is -0.134. The molecule has 0 aromatic heterocycles. The highest BCUT2D eigenvalue weighted by atomic mass is 16.3. The Balaban J connectivity index is 0.00000106. The number of rotatable bonds is 2. The Labute approximate surface area is 99.1 Å². The highest BCUT2D eigenvalue weighted by molar-refractivity contribution is 5.77. The van der Waals surface area contributed by atoms with Gasteiger partial charge in [0.15, 0.2) is 0 Å². The Kier molecular flexibility index (Phi) is 6.34. The molecule has 1 rings (SSSR count). The second kappa shape index (κ2) is 6.69. The van der Waals surface area contributed by atoms with Crippen LogP contribution in [0.2, 0.25) is 0 Å². The summed E-state index contributed by atoms with van der Waals surface area (Å²) < 4.78 is 0. The van der Waals surface area contributed by atoms with Crippen molar-refractivity contribution in [2.45, 2.75) is 53.1 Å². The minimum absolute atomic E-state index is 0.0428. The molecule has 16 heavy (non-hydrogen) atoms. The average Bonchev–Trinajstić information content (AvgIpc) is 2.19. The fraction of sp³-hybridized carbons (Fsp3) is 0.769. The SMILES string of the molecule is CC.CC1=CCN(C(=O)CC(C)(C)O)CC1. The summed E-state index contributed by atoms with van der Waals surface area (Å²) in [6.45, 7) is 10.9. The van der Waals surface area contributed by atoms with Crippen LogP contribution in [-0.4, -0.2) is 34.6 Å². The Morgan fingerprint density at radius 3 is 2.44 bits per heavy atom. The molecule has 3 nitrogen and oxygen atoms in total. The second-order valence-electron chi connectivity index (χ2n) is 4.63. The van der Waals surface area contributed by atoms with Gasteiger partial charge < -0.3 is 10.0 Å². The topological polar surface area (TPSA) is 40.5 Å². The van der Waals surface area contributed by atoms with Crippen LogP contribution in [0, 0.1) is 0 Å². The first-order valence-corrected chi connectivity index (χ1v) is 6.04. The minimum Gasteiger partial charge on any atom is -0.390 e. The molecule has 0 saturated carbocycles. The summed E-state index contributed by atoms with van der Waals surface area (Å²) in [6.07, 6.45) is 3.24. The molecule has 0 aromatic carbocycles. The lowest BCUT2D eigenvalue weighted by Gasteiger charge is -2.28. The molecular formula is C13H25NO2. The zero-order chi connectivity index (χ0) is 12.8. The van der Waals surface area contributed by atoms with Crippen LogP contribution < -0.4 is 0 Å². The van der Waals surface area contributed by atoms with Crippen LogP contribution in [0.1, 0.15) is 47.5 Å². The van der Waals surface area contributed by atoms with Gasteiger partial charge in [-0.1, -0.05) is 25.5 Å². The van der Waals surface area contributed by atoms with Crippen molar-refractivity contribution in [2.24, 2.45) is 0 Å². The molecule has 94 valence electrons. The van der Waals surface area contributed by atoms with Gasteiger partial charge >= 0.3 is 0 Å². The molecule has 0 atom stereocenters. The van der Waals surface area contributed by atoms with Crippen molar-refractivity contribution in [3.8, 4) is 0 Å². The summed E-state index contributed by atoms with van der Waals surface area (Å²) in [4.78, 5) is 13.5. The Morgan fingerprint density at radius 2 is 2.06 bits per heavy atom. The third kappa shape index (κ3) is 5.91. The van der Waals surface area contributed by atoms with Gasteiger partial charge in [0, 0.05) is 13.1 Å². The molecule has 0 unspecified atom stereocenters. The summed E-state index contributed by atoms with van der Waals surface area (Å²) in [5.41, 5.74) is 0.449. The lowest BCUT2D eigenvalue weighted by Crippen LogP contribution is -2.38. The summed E-state index contributed by atoms with van der Waals surface area (Å²) in [6, 6.07) is 0. The van der Waals surface area contributed by atoms with Crippen LogP contribution in [0.5, 0.6) is 0 Å². The summed E-state index contributed by atoms with van der Waals surface area (Å²) >= 11 is 0. The van der Waals surface area contributed by atoms with Crippen LogP contribution in [0.3, 0.4) is 0 Å². The third-order valence-corrected chi connectivity index (χ3v) is 2.37. The van der Waals surface area contributed by atoms with Gasteiger partial charge in [-0.25, -0.2) is 0 Å². The molecular weight excluding hydrogens is 202 g/mol.